The number of rotatable bonds is 3. The minimum Gasteiger partial charge on any atom is -0.399 e. The normalized spacial score (nSPS) is 19.0. The number of nitrogens with zero attached hydrogens (tertiary/aromatic N) is 1. The molecule has 0 bridgehead atoms. The zero-order chi connectivity index (χ0) is 16.7. The lowest BCUT2D eigenvalue weighted by atomic mass is 9.78. The maximum atomic E-state index is 11.8. The SMILES string of the molecule is CNC(=O)c1cc(B2OC(C)(C)C(C)(C)O2)cc([N+](=O)[O-])c1. The van der Waals surface area contributed by atoms with Gasteiger partial charge in [-0.25, -0.2) is 0 Å². The van der Waals surface area contributed by atoms with E-state index in [-0.39, 0.29) is 11.3 Å². The van der Waals surface area contributed by atoms with Gasteiger partial charge in [0, 0.05) is 24.7 Å². The Labute approximate surface area is 129 Å². The van der Waals surface area contributed by atoms with Gasteiger partial charge in [0.05, 0.1) is 16.1 Å². The van der Waals surface area contributed by atoms with Crippen LogP contribution < -0.4 is 10.8 Å². The van der Waals surface area contributed by atoms with Crippen molar-refractivity contribution in [3.8, 4) is 0 Å². The average molecular weight is 306 g/mol. The topological polar surface area (TPSA) is 90.7 Å². The highest BCUT2D eigenvalue weighted by atomic mass is 16.7. The zero-order valence-electron chi connectivity index (χ0n) is 13.3. The summed E-state index contributed by atoms with van der Waals surface area (Å²) in [6.07, 6.45) is 0. The van der Waals surface area contributed by atoms with E-state index in [4.69, 9.17) is 9.31 Å². The van der Waals surface area contributed by atoms with E-state index < -0.39 is 29.2 Å². The molecule has 1 aromatic carbocycles. The van der Waals surface area contributed by atoms with Gasteiger partial charge >= 0.3 is 7.12 Å². The standard InChI is InChI=1S/C14H19BN2O5/c1-13(2)14(3,4)22-15(21-13)10-6-9(12(18)16-5)7-11(8-10)17(19)20/h6-8H,1-5H3,(H,16,18). The van der Waals surface area contributed by atoms with Crippen LogP contribution in [0, 0.1) is 10.1 Å². The molecule has 8 heteroatoms. The lowest BCUT2D eigenvalue weighted by molar-refractivity contribution is -0.384. The molecule has 1 aromatic rings. The summed E-state index contributed by atoms with van der Waals surface area (Å²) in [5, 5.41) is 13.5. The highest BCUT2D eigenvalue weighted by Crippen LogP contribution is 2.36. The van der Waals surface area contributed by atoms with Crippen LogP contribution in [0.5, 0.6) is 0 Å². The Bertz CT molecular complexity index is 614. The van der Waals surface area contributed by atoms with Gasteiger partial charge in [0.25, 0.3) is 11.6 Å². The largest absolute Gasteiger partial charge is 0.495 e. The van der Waals surface area contributed by atoms with Gasteiger partial charge in [-0.3, -0.25) is 14.9 Å². The predicted octanol–water partition coefficient (Wildman–Crippen LogP) is 1.25. The van der Waals surface area contributed by atoms with Gasteiger partial charge < -0.3 is 14.6 Å². The van der Waals surface area contributed by atoms with E-state index >= 15 is 0 Å². The summed E-state index contributed by atoms with van der Waals surface area (Å²) >= 11 is 0. The van der Waals surface area contributed by atoms with Crippen LogP contribution in [0.4, 0.5) is 5.69 Å². The monoisotopic (exact) mass is 306 g/mol. The smallest absolute Gasteiger partial charge is 0.399 e. The lowest BCUT2D eigenvalue weighted by Gasteiger charge is -2.32. The van der Waals surface area contributed by atoms with E-state index in [1.807, 2.05) is 27.7 Å². The molecule has 7 nitrogen and oxygen atoms in total. The Balaban J connectivity index is 2.45. The first-order chi connectivity index (χ1) is 10.1. The van der Waals surface area contributed by atoms with Gasteiger partial charge in [-0.1, -0.05) is 0 Å². The second kappa shape index (κ2) is 5.37. The second-order valence-electron chi connectivity index (χ2n) is 6.24. The van der Waals surface area contributed by atoms with Crippen molar-refractivity contribution in [1.29, 1.82) is 0 Å². The molecule has 0 aromatic heterocycles. The van der Waals surface area contributed by atoms with E-state index in [0.717, 1.165) is 0 Å². The summed E-state index contributed by atoms with van der Waals surface area (Å²) in [5.74, 6) is -0.401. The number of carbonyl (C=O) groups excluding carboxylic acids is 1. The molecule has 0 saturated carbocycles. The predicted molar refractivity (Wildman–Crippen MR) is 82.2 cm³/mol. The molecule has 0 spiro atoms. The molecular weight excluding hydrogens is 287 g/mol. The van der Waals surface area contributed by atoms with Crippen molar-refractivity contribution in [3.63, 3.8) is 0 Å². The number of benzene rings is 1. The number of nitro benzene ring substituents is 1. The Morgan fingerprint density at radius 2 is 1.73 bits per heavy atom. The molecule has 1 saturated heterocycles. The number of nitrogens with one attached hydrogen (secondary N) is 1. The summed E-state index contributed by atoms with van der Waals surface area (Å²) in [6.45, 7) is 7.57. The van der Waals surface area contributed by atoms with E-state index in [1.165, 1.54) is 19.2 Å². The maximum Gasteiger partial charge on any atom is 0.495 e. The fraction of sp³-hybridized carbons (Fsp3) is 0.500. The highest BCUT2D eigenvalue weighted by molar-refractivity contribution is 6.62. The minimum atomic E-state index is -0.756. The van der Waals surface area contributed by atoms with Crippen LogP contribution in [0.25, 0.3) is 0 Å². The molecular formula is C14H19BN2O5. The molecule has 1 heterocycles. The Hall–Kier alpha value is -1.93. The van der Waals surface area contributed by atoms with Crippen molar-refractivity contribution >= 4 is 24.2 Å². The third-order valence-corrected chi connectivity index (χ3v) is 4.17. The minimum absolute atomic E-state index is 0.175. The first-order valence-electron chi connectivity index (χ1n) is 6.94. The summed E-state index contributed by atoms with van der Waals surface area (Å²) in [7, 11) is 0.712. The van der Waals surface area contributed by atoms with Crippen LogP contribution in [0.2, 0.25) is 0 Å². The molecule has 0 unspecified atom stereocenters. The van der Waals surface area contributed by atoms with Gasteiger partial charge in [-0.2, -0.15) is 0 Å². The van der Waals surface area contributed by atoms with Gasteiger partial charge in [-0.05, 0) is 39.2 Å². The molecule has 1 aliphatic rings. The van der Waals surface area contributed by atoms with Crippen LogP contribution >= 0.6 is 0 Å². The summed E-state index contributed by atoms with van der Waals surface area (Å²) in [6, 6.07) is 4.15. The van der Waals surface area contributed by atoms with Gasteiger partial charge in [0.15, 0.2) is 0 Å². The Morgan fingerprint density at radius 3 is 2.18 bits per heavy atom. The molecule has 1 amide bonds. The molecule has 0 atom stereocenters. The van der Waals surface area contributed by atoms with E-state index in [0.29, 0.717) is 5.46 Å². The number of hydrogen-bond donors (Lipinski definition) is 1. The Kier molecular flexibility index (Phi) is 4.01. The molecule has 1 N–H and O–H groups in total. The van der Waals surface area contributed by atoms with Crippen molar-refractivity contribution in [2.45, 2.75) is 38.9 Å². The van der Waals surface area contributed by atoms with Gasteiger partial charge in [-0.15, -0.1) is 0 Å². The van der Waals surface area contributed by atoms with Crippen LogP contribution in [0.15, 0.2) is 18.2 Å². The van der Waals surface area contributed by atoms with E-state index in [2.05, 4.69) is 5.32 Å². The van der Waals surface area contributed by atoms with E-state index in [9.17, 15) is 14.9 Å². The molecule has 2 rings (SSSR count). The summed E-state index contributed by atoms with van der Waals surface area (Å²) in [4.78, 5) is 22.3. The van der Waals surface area contributed by atoms with Crippen molar-refractivity contribution in [3.05, 3.63) is 33.9 Å². The zero-order valence-corrected chi connectivity index (χ0v) is 13.3. The first-order valence-corrected chi connectivity index (χ1v) is 6.94. The molecule has 0 aliphatic carbocycles. The third-order valence-electron chi connectivity index (χ3n) is 4.17. The molecule has 22 heavy (non-hydrogen) atoms. The van der Waals surface area contributed by atoms with Gasteiger partial charge in [0.1, 0.15) is 0 Å². The number of carbonyl (C=O) groups is 1. The van der Waals surface area contributed by atoms with Crippen LogP contribution in [-0.2, 0) is 9.31 Å². The summed E-state index contributed by atoms with van der Waals surface area (Å²) < 4.78 is 11.8. The Morgan fingerprint density at radius 1 is 1.18 bits per heavy atom. The fourth-order valence-corrected chi connectivity index (χ4v) is 2.13. The van der Waals surface area contributed by atoms with Crippen molar-refractivity contribution in [1.82, 2.24) is 5.32 Å². The molecule has 1 aliphatic heterocycles. The molecule has 118 valence electrons. The molecule has 0 radical (unpaired) electrons. The quantitative estimate of drug-likeness (QED) is 0.515. The number of hydrogen-bond acceptors (Lipinski definition) is 5. The average Bonchev–Trinajstić information content (AvgIpc) is 2.66. The number of non-ortho nitro benzene ring substituents is 1. The maximum absolute atomic E-state index is 11.8. The van der Waals surface area contributed by atoms with Crippen molar-refractivity contribution in [2.75, 3.05) is 7.05 Å². The summed E-state index contributed by atoms with van der Waals surface area (Å²) in [5.41, 5.74) is -0.649. The third kappa shape index (κ3) is 2.84. The van der Waals surface area contributed by atoms with E-state index in [1.54, 1.807) is 6.07 Å². The molecule has 1 fully saturated rings. The fourth-order valence-electron chi connectivity index (χ4n) is 2.13. The highest BCUT2D eigenvalue weighted by Gasteiger charge is 2.52. The second-order valence-corrected chi connectivity index (χ2v) is 6.24. The van der Waals surface area contributed by atoms with Crippen LogP contribution in [-0.4, -0.2) is 36.2 Å². The van der Waals surface area contributed by atoms with Crippen LogP contribution in [0.1, 0.15) is 38.1 Å². The van der Waals surface area contributed by atoms with Crippen molar-refractivity contribution in [2.24, 2.45) is 0 Å². The number of nitro groups is 1. The van der Waals surface area contributed by atoms with Gasteiger partial charge in [0.2, 0.25) is 0 Å². The van der Waals surface area contributed by atoms with Crippen molar-refractivity contribution < 1.29 is 19.0 Å². The lowest BCUT2D eigenvalue weighted by Crippen LogP contribution is -2.41. The number of amides is 1. The van der Waals surface area contributed by atoms with Crippen LogP contribution in [0.3, 0.4) is 0 Å². The first kappa shape index (κ1) is 16.4.